The van der Waals surface area contributed by atoms with Gasteiger partial charge in [0.05, 0.1) is 29.2 Å². The molecular formula is C20H24N3O6P. The SMILES string of the molecule is CCOP(=O)(COc1ccccc1-c1nc2c([N+](=O)[O-])cccc2n1CC)OCC. The Kier molecular flexibility index (Phi) is 6.87. The van der Waals surface area contributed by atoms with Crippen molar-refractivity contribution in [2.24, 2.45) is 0 Å². The first-order valence-corrected chi connectivity index (χ1v) is 11.4. The van der Waals surface area contributed by atoms with Crippen molar-refractivity contribution in [3.8, 4) is 17.1 Å². The maximum Gasteiger partial charge on any atom is 0.367 e. The number of aromatic nitrogens is 2. The van der Waals surface area contributed by atoms with Gasteiger partial charge in [0.25, 0.3) is 5.69 Å². The number of hydrogen-bond acceptors (Lipinski definition) is 7. The third kappa shape index (κ3) is 4.38. The van der Waals surface area contributed by atoms with Crippen molar-refractivity contribution in [1.82, 2.24) is 9.55 Å². The Balaban J connectivity index is 2.05. The molecule has 0 unspecified atom stereocenters. The third-order valence-electron chi connectivity index (χ3n) is 4.43. The van der Waals surface area contributed by atoms with E-state index in [0.29, 0.717) is 34.7 Å². The van der Waals surface area contributed by atoms with Crippen LogP contribution in [0.3, 0.4) is 0 Å². The largest absolute Gasteiger partial charge is 0.480 e. The zero-order chi connectivity index (χ0) is 21.7. The van der Waals surface area contributed by atoms with Crippen LogP contribution in [0.15, 0.2) is 42.5 Å². The van der Waals surface area contributed by atoms with Crippen molar-refractivity contribution in [2.45, 2.75) is 27.3 Å². The Hall–Kier alpha value is -2.74. The normalized spacial score (nSPS) is 11.7. The van der Waals surface area contributed by atoms with E-state index in [2.05, 4.69) is 4.98 Å². The Bertz CT molecular complexity index is 1090. The number of para-hydroxylation sites is 2. The van der Waals surface area contributed by atoms with Gasteiger partial charge in [-0.2, -0.15) is 0 Å². The number of aryl methyl sites for hydroxylation is 1. The second kappa shape index (κ2) is 9.38. The molecule has 3 aromatic rings. The van der Waals surface area contributed by atoms with E-state index in [-0.39, 0.29) is 25.2 Å². The van der Waals surface area contributed by atoms with E-state index in [4.69, 9.17) is 13.8 Å². The van der Waals surface area contributed by atoms with E-state index in [9.17, 15) is 14.7 Å². The van der Waals surface area contributed by atoms with Gasteiger partial charge < -0.3 is 18.4 Å². The Morgan fingerprint density at radius 3 is 2.40 bits per heavy atom. The van der Waals surface area contributed by atoms with Crippen molar-refractivity contribution >= 4 is 24.3 Å². The minimum absolute atomic E-state index is 0.0588. The molecular weight excluding hydrogens is 409 g/mol. The molecule has 10 heteroatoms. The van der Waals surface area contributed by atoms with Gasteiger partial charge in [-0.1, -0.05) is 18.2 Å². The molecule has 0 N–H and O–H groups in total. The third-order valence-corrected chi connectivity index (χ3v) is 6.18. The minimum Gasteiger partial charge on any atom is -0.480 e. The molecule has 0 aliphatic heterocycles. The summed E-state index contributed by atoms with van der Waals surface area (Å²) in [6.07, 6.45) is -0.252. The second-order valence-corrected chi connectivity index (χ2v) is 8.29. The number of benzene rings is 2. The number of hydrogen-bond donors (Lipinski definition) is 0. The smallest absolute Gasteiger partial charge is 0.367 e. The van der Waals surface area contributed by atoms with Crippen molar-refractivity contribution in [2.75, 3.05) is 19.6 Å². The van der Waals surface area contributed by atoms with Crippen LogP contribution in [0.4, 0.5) is 5.69 Å². The van der Waals surface area contributed by atoms with Crippen LogP contribution in [0, 0.1) is 10.1 Å². The lowest BCUT2D eigenvalue weighted by Crippen LogP contribution is -2.07. The molecule has 0 aliphatic rings. The van der Waals surface area contributed by atoms with E-state index in [0.717, 1.165) is 0 Å². The highest BCUT2D eigenvalue weighted by atomic mass is 31.2. The summed E-state index contributed by atoms with van der Waals surface area (Å²) < 4.78 is 31.0. The maximum atomic E-state index is 12.8. The predicted molar refractivity (Wildman–Crippen MR) is 114 cm³/mol. The average molecular weight is 433 g/mol. The molecule has 2 aromatic carbocycles. The van der Waals surface area contributed by atoms with E-state index in [1.54, 1.807) is 44.2 Å². The monoisotopic (exact) mass is 433 g/mol. The quantitative estimate of drug-likeness (QED) is 0.245. The van der Waals surface area contributed by atoms with Crippen LogP contribution in [0.1, 0.15) is 20.8 Å². The number of nitrogens with zero attached hydrogens (tertiary/aromatic N) is 3. The van der Waals surface area contributed by atoms with Gasteiger partial charge in [-0.3, -0.25) is 14.7 Å². The summed E-state index contributed by atoms with van der Waals surface area (Å²) >= 11 is 0. The number of non-ortho nitro benzene ring substituents is 1. The molecule has 30 heavy (non-hydrogen) atoms. The van der Waals surface area contributed by atoms with Gasteiger partial charge in [0, 0.05) is 12.6 Å². The molecule has 1 heterocycles. The van der Waals surface area contributed by atoms with Gasteiger partial charge in [-0.25, -0.2) is 4.98 Å². The van der Waals surface area contributed by atoms with E-state index < -0.39 is 12.5 Å². The van der Waals surface area contributed by atoms with Crippen LogP contribution in [0.2, 0.25) is 0 Å². The molecule has 0 amide bonds. The van der Waals surface area contributed by atoms with Crippen molar-refractivity contribution in [3.63, 3.8) is 0 Å². The first-order chi connectivity index (χ1) is 14.4. The molecule has 0 saturated heterocycles. The molecule has 160 valence electrons. The Labute approximate surface area is 174 Å². The first kappa shape index (κ1) is 22.0. The van der Waals surface area contributed by atoms with E-state index in [1.807, 2.05) is 17.6 Å². The zero-order valence-electron chi connectivity index (χ0n) is 17.1. The van der Waals surface area contributed by atoms with Crippen LogP contribution in [0.25, 0.3) is 22.4 Å². The van der Waals surface area contributed by atoms with Crippen molar-refractivity contribution in [1.29, 1.82) is 0 Å². The average Bonchev–Trinajstić information content (AvgIpc) is 3.11. The highest BCUT2D eigenvalue weighted by Gasteiger charge is 2.26. The fourth-order valence-corrected chi connectivity index (χ4v) is 4.54. The van der Waals surface area contributed by atoms with E-state index >= 15 is 0 Å². The van der Waals surface area contributed by atoms with Gasteiger partial charge in [0.2, 0.25) is 0 Å². The highest BCUT2D eigenvalue weighted by Crippen LogP contribution is 2.48. The summed E-state index contributed by atoms with van der Waals surface area (Å²) in [7, 11) is -3.40. The van der Waals surface area contributed by atoms with Gasteiger partial charge in [-0.15, -0.1) is 0 Å². The lowest BCUT2D eigenvalue weighted by Gasteiger charge is -2.18. The number of fused-ring (bicyclic) bond motifs is 1. The molecule has 3 rings (SSSR count). The molecule has 0 fully saturated rings. The highest BCUT2D eigenvalue weighted by molar-refractivity contribution is 7.53. The standard InChI is InChI=1S/C20H24N3O6P/c1-4-22-16-11-9-12-17(23(24)25)19(16)21-20(22)15-10-7-8-13-18(15)27-14-30(26,28-5-2)29-6-3/h7-13H,4-6,14H2,1-3H3. The minimum atomic E-state index is -3.40. The predicted octanol–water partition coefficient (Wildman–Crippen LogP) is 5.23. The molecule has 0 bridgehead atoms. The Morgan fingerprint density at radius 1 is 1.07 bits per heavy atom. The zero-order valence-corrected chi connectivity index (χ0v) is 18.0. The summed E-state index contributed by atoms with van der Waals surface area (Å²) in [5, 5.41) is 11.4. The molecule has 0 saturated carbocycles. The summed E-state index contributed by atoms with van der Waals surface area (Å²) in [4.78, 5) is 15.6. The number of ether oxygens (including phenoxy) is 1. The molecule has 1 aromatic heterocycles. The maximum absolute atomic E-state index is 12.8. The van der Waals surface area contributed by atoms with E-state index in [1.165, 1.54) is 6.07 Å². The van der Waals surface area contributed by atoms with Crippen LogP contribution in [0.5, 0.6) is 5.75 Å². The second-order valence-electron chi connectivity index (χ2n) is 6.30. The van der Waals surface area contributed by atoms with Crippen LogP contribution in [-0.4, -0.2) is 34.0 Å². The lowest BCUT2D eigenvalue weighted by atomic mass is 10.2. The molecule has 0 atom stereocenters. The van der Waals surface area contributed by atoms with Crippen LogP contribution < -0.4 is 4.74 Å². The van der Waals surface area contributed by atoms with Gasteiger partial charge in [-0.05, 0) is 39.0 Å². The van der Waals surface area contributed by atoms with Crippen LogP contribution in [-0.2, 0) is 20.2 Å². The molecule has 0 spiro atoms. The van der Waals surface area contributed by atoms with Crippen molar-refractivity contribution in [3.05, 3.63) is 52.6 Å². The summed E-state index contributed by atoms with van der Waals surface area (Å²) in [5.74, 6) is 0.963. The fraction of sp³-hybridized carbons (Fsp3) is 0.350. The number of nitro benzene ring substituents is 1. The first-order valence-electron chi connectivity index (χ1n) is 9.68. The lowest BCUT2D eigenvalue weighted by molar-refractivity contribution is -0.383. The fourth-order valence-electron chi connectivity index (χ4n) is 3.24. The number of imidazole rings is 1. The number of rotatable bonds is 10. The molecule has 0 aliphatic carbocycles. The van der Waals surface area contributed by atoms with Gasteiger partial charge in [0.1, 0.15) is 11.6 Å². The van der Waals surface area contributed by atoms with Crippen molar-refractivity contribution < 1.29 is 23.3 Å². The van der Waals surface area contributed by atoms with Gasteiger partial charge >= 0.3 is 7.60 Å². The summed E-state index contributed by atoms with van der Waals surface area (Å²) in [6, 6.07) is 12.0. The number of nitro groups is 1. The topological polar surface area (TPSA) is 106 Å². The Morgan fingerprint density at radius 2 is 1.77 bits per heavy atom. The molecule has 0 radical (unpaired) electrons. The van der Waals surface area contributed by atoms with Gasteiger partial charge in [0.15, 0.2) is 11.9 Å². The summed E-state index contributed by atoms with van der Waals surface area (Å²) in [5.41, 5.74) is 1.54. The molecule has 9 nitrogen and oxygen atoms in total. The summed E-state index contributed by atoms with van der Waals surface area (Å²) in [6.45, 7) is 6.42. The van der Waals surface area contributed by atoms with Crippen LogP contribution >= 0.6 is 7.60 Å².